The van der Waals surface area contributed by atoms with Crippen molar-refractivity contribution < 1.29 is 52.9 Å². The van der Waals surface area contributed by atoms with Gasteiger partial charge in [0.1, 0.15) is 24.4 Å². The van der Waals surface area contributed by atoms with Crippen LogP contribution in [-0.4, -0.2) is 43.9 Å². The molecule has 42 heavy (non-hydrogen) atoms. The molecule has 0 aliphatic carbocycles. The molecule has 228 valence electrons. The van der Waals surface area contributed by atoms with Gasteiger partial charge in [0.2, 0.25) is 12.6 Å². The second-order valence-corrected chi connectivity index (χ2v) is 10.1. The quantitative estimate of drug-likeness (QED) is 0.0779. The molecule has 2 rings (SSSR count). The Morgan fingerprint density at radius 1 is 0.619 bits per heavy atom. The minimum Gasteiger partial charge on any atom is -0.422 e. The summed E-state index contributed by atoms with van der Waals surface area (Å²) in [6.45, 7) is 16.4. The average Bonchev–Trinajstić information content (AvgIpc) is 2.93. The third-order valence-corrected chi connectivity index (χ3v) is 5.59. The van der Waals surface area contributed by atoms with E-state index in [1.54, 1.807) is 27.7 Å². The molecule has 2 aromatic carbocycles. The Morgan fingerprint density at radius 3 is 1.29 bits per heavy atom. The molecule has 0 aromatic heterocycles. The van der Waals surface area contributed by atoms with Gasteiger partial charge in [0.05, 0.1) is 11.1 Å². The van der Waals surface area contributed by atoms with Crippen molar-refractivity contribution >= 4 is 18.1 Å². The van der Waals surface area contributed by atoms with Crippen molar-refractivity contribution in [3.8, 4) is 0 Å². The molecule has 0 N–H and O–H groups in total. The molecule has 0 spiro atoms. The summed E-state index contributed by atoms with van der Waals surface area (Å²) in [4.78, 5) is 57.7. The molecule has 0 fully saturated rings. The van der Waals surface area contributed by atoms with Crippen molar-refractivity contribution in [3.05, 3.63) is 96.1 Å². The van der Waals surface area contributed by atoms with Crippen molar-refractivity contribution in [2.45, 2.75) is 65.3 Å². The lowest BCUT2D eigenvalue weighted by Crippen LogP contribution is -2.28. The maximum absolute atomic E-state index is 12.2. The zero-order valence-electron chi connectivity index (χ0n) is 24.7. The number of carbonyl (C=O) groups excluding carboxylic acids is 3. The Balaban J connectivity index is 1.67. The molecule has 11 heteroatoms. The molecular weight excluding hydrogens is 548 g/mol. The summed E-state index contributed by atoms with van der Waals surface area (Å²) < 4.78 is 19.7. The number of hydrogen-bond donors (Lipinski definition) is 0. The molecule has 2 aromatic rings. The van der Waals surface area contributed by atoms with E-state index in [4.69, 9.17) is 38.5 Å². The van der Waals surface area contributed by atoms with Crippen LogP contribution in [-0.2, 0) is 59.3 Å². The summed E-state index contributed by atoms with van der Waals surface area (Å²) in [6, 6.07) is 18.7. The largest absolute Gasteiger partial charge is 0.514 e. The molecule has 0 amide bonds. The van der Waals surface area contributed by atoms with E-state index in [0.29, 0.717) is 0 Å². The predicted molar refractivity (Wildman–Crippen MR) is 150 cm³/mol. The van der Waals surface area contributed by atoms with Crippen LogP contribution >= 0.6 is 0 Å². The minimum absolute atomic E-state index is 0.0816. The van der Waals surface area contributed by atoms with E-state index in [1.165, 1.54) is 13.8 Å². The zero-order valence-corrected chi connectivity index (χ0v) is 24.7. The Morgan fingerprint density at radius 2 is 0.952 bits per heavy atom. The van der Waals surface area contributed by atoms with Crippen LogP contribution < -0.4 is 0 Å². The van der Waals surface area contributed by atoms with Crippen LogP contribution in [0.1, 0.15) is 52.7 Å². The summed E-state index contributed by atoms with van der Waals surface area (Å²) in [7, 11) is 0. The maximum Gasteiger partial charge on any atom is 0.514 e. The standard InChI is InChI=1S/C31H38O11/c1-21(19-35-41-30(5,6)25-15-11-9-12-16-25)27(32)37-23(3)39-29(34)40-24(4)38-28(33)22(2)20-36-42-31(7,8)26-17-13-10-14-18-26/h9-18,23-24H,1-2,19-20H2,3-8H3. The number of hydrogen-bond acceptors (Lipinski definition) is 11. The van der Waals surface area contributed by atoms with Crippen molar-refractivity contribution in [2.75, 3.05) is 13.2 Å². The number of benzene rings is 2. The van der Waals surface area contributed by atoms with Gasteiger partial charge in [0, 0.05) is 13.8 Å². The van der Waals surface area contributed by atoms with Crippen molar-refractivity contribution in [2.24, 2.45) is 0 Å². The van der Waals surface area contributed by atoms with Gasteiger partial charge in [0.15, 0.2) is 0 Å². The van der Waals surface area contributed by atoms with E-state index < -0.39 is 41.9 Å². The molecule has 2 unspecified atom stereocenters. The second-order valence-electron chi connectivity index (χ2n) is 10.1. The summed E-state index contributed by atoms with van der Waals surface area (Å²) in [5, 5.41) is 0. The van der Waals surface area contributed by atoms with E-state index >= 15 is 0 Å². The van der Waals surface area contributed by atoms with Gasteiger partial charge in [0.25, 0.3) is 0 Å². The topological polar surface area (TPSA) is 125 Å². The van der Waals surface area contributed by atoms with E-state index in [9.17, 15) is 14.4 Å². The monoisotopic (exact) mass is 586 g/mol. The highest BCUT2D eigenvalue weighted by molar-refractivity contribution is 5.88. The van der Waals surface area contributed by atoms with E-state index in [2.05, 4.69) is 13.2 Å². The highest BCUT2D eigenvalue weighted by atomic mass is 17.2. The molecule has 0 bridgehead atoms. The molecule has 0 aliphatic heterocycles. The molecule has 0 radical (unpaired) electrons. The summed E-state index contributed by atoms with van der Waals surface area (Å²) >= 11 is 0. The number of carbonyl (C=O) groups is 3. The molecule has 0 saturated carbocycles. The minimum atomic E-state index is -1.35. The van der Waals surface area contributed by atoms with Crippen LogP contribution in [0.2, 0.25) is 0 Å². The van der Waals surface area contributed by atoms with Crippen LogP contribution in [0, 0.1) is 0 Å². The molecule has 0 heterocycles. The van der Waals surface area contributed by atoms with Crippen molar-refractivity contribution in [1.29, 1.82) is 0 Å². The summed E-state index contributed by atoms with van der Waals surface area (Å²) in [6.07, 6.45) is -3.94. The lowest BCUT2D eigenvalue weighted by Gasteiger charge is -2.24. The highest BCUT2D eigenvalue weighted by Gasteiger charge is 2.26. The first-order valence-electron chi connectivity index (χ1n) is 13.1. The Labute approximate surface area is 245 Å². The third-order valence-electron chi connectivity index (χ3n) is 5.59. The number of ether oxygens (including phenoxy) is 4. The number of esters is 2. The molecule has 0 aliphatic rings. The lowest BCUT2D eigenvalue weighted by atomic mass is 9.99. The Bertz CT molecular complexity index is 1110. The van der Waals surface area contributed by atoms with Crippen LogP contribution in [0.5, 0.6) is 0 Å². The number of rotatable bonds is 16. The van der Waals surface area contributed by atoms with Gasteiger partial charge < -0.3 is 18.9 Å². The SMILES string of the molecule is C=C(COOC(C)(C)c1ccccc1)C(=O)OC(C)OC(=O)OC(C)OC(=O)C(=C)COOC(C)(C)c1ccccc1. The van der Waals surface area contributed by atoms with E-state index in [-0.39, 0.29) is 24.4 Å². The smallest absolute Gasteiger partial charge is 0.422 e. The first kappa shape index (κ1) is 34.2. The molecular formula is C31H38O11. The lowest BCUT2D eigenvalue weighted by molar-refractivity contribution is -0.353. The van der Waals surface area contributed by atoms with Crippen LogP contribution in [0.3, 0.4) is 0 Å². The first-order chi connectivity index (χ1) is 19.7. The van der Waals surface area contributed by atoms with Crippen LogP contribution in [0.25, 0.3) is 0 Å². The summed E-state index contributed by atoms with van der Waals surface area (Å²) in [5.41, 5.74) is 0.0150. The van der Waals surface area contributed by atoms with Crippen LogP contribution in [0.4, 0.5) is 4.79 Å². The zero-order chi connectivity index (χ0) is 31.3. The van der Waals surface area contributed by atoms with Crippen LogP contribution in [0.15, 0.2) is 85.0 Å². The molecule has 2 atom stereocenters. The first-order valence-corrected chi connectivity index (χ1v) is 13.1. The predicted octanol–water partition coefficient (Wildman–Crippen LogP) is 5.80. The molecule has 11 nitrogen and oxygen atoms in total. The van der Waals surface area contributed by atoms with Gasteiger partial charge in [-0.1, -0.05) is 73.8 Å². The normalized spacial score (nSPS) is 12.9. The molecule has 0 saturated heterocycles. The maximum atomic E-state index is 12.2. The fraction of sp³-hybridized carbons (Fsp3) is 0.387. The Hall–Kier alpha value is -4.03. The van der Waals surface area contributed by atoms with Gasteiger partial charge >= 0.3 is 18.1 Å². The highest BCUT2D eigenvalue weighted by Crippen LogP contribution is 2.25. The summed E-state index contributed by atoms with van der Waals surface area (Å²) in [5.74, 6) is -1.77. The van der Waals surface area contributed by atoms with Gasteiger partial charge in [-0.25, -0.2) is 33.9 Å². The van der Waals surface area contributed by atoms with Crippen molar-refractivity contribution in [3.63, 3.8) is 0 Å². The second kappa shape index (κ2) is 15.8. The fourth-order valence-electron chi connectivity index (χ4n) is 3.20. The Kier molecular flexibility index (Phi) is 12.9. The van der Waals surface area contributed by atoms with Gasteiger partial charge in [-0.15, -0.1) is 0 Å². The van der Waals surface area contributed by atoms with Gasteiger partial charge in [-0.2, -0.15) is 0 Å². The fourth-order valence-corrected chi connectivity index (χ4v) is 3.20. The van der Waals surface area contributed by atoms with Crippen molar-refractivity contribution in [1.82, 2.24) is 0 Å². The third kappa shape index (κ3) is 11.5. The van der Waals surface area contributed by atoms with Gasteiger partial charge in [-0.3, -0.25) is 0 Å². The van der Waals surface area contributed by atoms with E-state index in [1.807, 2.05) is 60.7 Å². The van der Waals surface area contributed by atoms with E-state index in [0.717, 1.165) is 11.1 Å². The average molecular weight is 587 g/mol. The van der Waals surface area contributed by atoms with Gasteiger partial charge in [-0.05, 0) is 38.8 Å².